The number of likely N-dealkylation sites (N-methyl/N-ethyl adjacent to an activating group) is 1. The number of hydrogen-bond donors (Lipinski definition) is 1. The smallest absolute Gasteiger partial charge is 0.0942 e. The van der Waals surface area contributed by atoms with Crippen LogP contribution in [0, 0.1) is 11.8 Å². The highest BCUT2D eigenvalue weighted by molar-refractivity contribution is 5.27. The third kappa shape index (κ3) is 4.79. The average Bonchev–Trinajstić information content (AvgIpc) is 2.85. The Hall–Kier alpha value is -1.72. The van der Waals surface area contributed by atoms with E-state index in [0.717, 1.165) is 57.7 Å². The molecule has 2 unspecified atom stereocenters. The van der Waals surface area contributed by atoms with Gasteiger partial charge in [-0.3, -0.25) is 4.90 Å². The van der Waals surface area contributed by atoms with Crippen LogP contribution in [0.3, 0.4) is 0 Å². The summed E-state index contributed by atoms with van der Waals surface area (Å²) in [5, 5.41) is 12.2. The molecule has 32 heavy (non-hydrogen) atoms. The molecule has 4 heterocycles. The summed E-state index contributed by atoms with van der Waals surface area (Å²) in [6.07, 6.45) is 4.19. The second-order valence-corrected chi connectivity index (χ2v) is 10.4. The lowest BCUT2D eigenvalue weighted by atomic mass is 9.66. The number of benzene rings is 2. The van der Waals surface area contributed by atoms with Crippen molar-refractivity contribution >= 4 is 0 Å². The van der Waals surface area contributed by atoms with Crippen LogP contribution in [0.5, 0.6) is 0 Å². The van der Waals surface area contributed by atoms with Crippen LogP contribution in [0.4, 0.5) is 0 Å². The summed E-state index contributed by atoms with van der Waals surface area (Å²) in [6, 6.07) is 19.6. The van der Waals surface area contributed by atoms with Gasteiger partial charge in [-0.05, 0) is 68.4 Å². The summed E-state index contributed by atoms with van der Waals surface area (Å²) in [4.78, 5) is 7.54. The summed E-state index contributed by atoms with van der Waals surface area (Å²) in [7, 11) is 2.21. The van der Waals surface area contributed by atoms with Crippen molar-refractivity contribution in [2.24, 2.45) is 11.8 Å². The molecular formula is C28H39N3O. The summed E-state index contributed by atoms with van der Waals surface area (Å²) >= 11 is 0. The number of piperazine rings is 1. The van der Waals surface area contributed by atoms with Crippen molar-refractivity contribution in [2.45, 2.75) is 37.8 Å². The summed E-state index contributed by atoms with van der Waals surface area (Å²) in [5.41, 5.74) is 3.11. The molecule has 172 valence electrons. The molecule has 2 bridgehead atoms. The number of piperidine rings is 3. The Morgan fingerprint density at radius 1 is 0.875 bits per heavy atom. The van der Waals surface area contributed by atoms with Gasteiger partial charge in [-0.25, -0.2) is 0 Å². The number of hydrogen-bond acceptors (Lipinski definition) is 4. The molecule has 1 N–H and O–H groups in total. The Balaban J connectivity index is 1.31. The van der Waals surface area contributed by atoms with Crippen LogP contribution in [0.2, 0.25) is 0 Å². The standard InChI is InChI=1S/C28H39N3O/c1-29-16-18-31(19-17-29)21-24-7-5-6-23(20-24)10-13-28(32,26-8-3-2-4-9-26)27-22-30-14-11-25(27)12-15-30/h2-9,20,25,27,32H,10-19,21-22H2,1H3. The highest BCUT2D eigenvalue weighted by Crippen LogP contribution is 2.45. The summed E-state index contributed by atoms with van der Waals surface area (Å²) in [5.74, 6) is 0.981. The molecule has 4 heteroatoms. The van der Waals surface area contributed by atoms with E-state index in [9.17, 15) is 5.11 Å². The zero-order valence-electron chi connectivity index (χ0n) is 19.6. The van der Waals surface area contributed by atoms with E-state index in [2.05, 4.69) is 76.3 Å². The van der Waals surface area contributed by atoms with Gasteiger partial charge in [0.25, 0.3) is 0 Å². The Kier molecular flexibility index (Phi) is 6.66. The van der Waals surface area contributed by atoms with Gasteiger partial charge in [-0.1, -0.05) is 54.6 Å². The lowest BCUT2D eigenvalue weighted by molar-refractivity contribution is -0.106. The van der Waals surface area contributed by atoms with Gasteiger partial charge in [0.2, 0.25) is 0 Å². The molecule has 4 nitrogen and oxygen atoms in total. The first-order chi connectivity index (χ1) is 15.6. The van der Waals surface area contributed by atoms with Gasteiger partial charge in [0.1, 0.15) is 0 Å². The molecule has 4 fully saturated rings. The molecule has 4 aliphatic heterocycles. The molecule has 2 aromatic carbocycles. The molecule has 4 saturated heterocycles. The minimum absolute atomic E-state index is 0.334. The zero-order chi connectivity index (χ0) is 22.0. The molecule has 0 radical (unpaired) electrons. The molecule has 0 saturated carbocycles. The maximum atomic E-state index is 12.2. The van der Waals surface area contributed by atoms with Crippen LogP contribution in [0.1, 0.15) is 36.0 Å². The fourth-order valence-electron chi connectivity index (χ4n) is 6.26. The van der Waals surface area contributed by atoms with Gasteiger partial charge >= 0.3 is 0 Å². The van der Waals surface area contributed by atoms with E-state index in [4.69, 9.17) is 0 Å². The second kappa shape index (κ2) is 9.64. The lowest BCUT2D eigenvalue weighted by Crippen LogP contribution is -2.55. The van der Waals surface area contributed by atoms with Crippen LogP contribution in [0.25, 0.3) is 0 Å². The fraction of sp³-hybridized carbons (Fsp3) is 0.571. The second-order valence-electron chi connectivity index (χ2n) is 10.4. The molecule has 2 aromatic rings. The van der Waals surface area contributed by atoms with Gasteiger partial charge in [0.15, 0.2) is 0 Å². The van der Waals surface area contributed by atoms with Gasteiger partial charge in [-0.2, -0.15) is 0 Å². The fourth-order valence-corrected chi connectivity index (χ4v) is 6.26. The van der Waals surface area contributed by atoms with Crippen molar-refractivity contribution in [3.63, 3.8) is 0 Å². The van der Waals surface area contributed by atoms with Crippen molar-refractivity contribution < 1.29 is 5.11 Å². The van der Waals surface area contributed by atoms with Crippen LogP contribution >= 0.6 is 0 Å². The van der Waals surface area contributed by atoms with Crippen LogP contribution < -0.4 is 0 Å². The monoisotopic (exact) mass is 433 g/mol. The SMILES string of the molecule is CN1CCN(Cc2cccc(CCC(O)(c3ccccc3)C3CN4CCC3CC4)c2)CC1. The normalized spacial score (nSPS) is 28.5. The first-order valence-corrected chi connectivity index (χ1v) is 12.6. The van der Waals surface area contributed by atoms with E-state index >= 15 is 0 Å². The van der Waals surface area contributed by atoms with E-state index in [1.165, 1.54) is 37.1 Å². The predicted octanol–water partition coefficient (Wildman–Crippen LogP) is 3.60. The summed E-state index contributed by atoms with van der Waals surface area (Å²) < 4.78 is 0. The van der Waals surface area contributed by atoms with Crippen LogP contribution in [-0.2, 0) is 18.6 Å². The van der Waals surface area contributed by atoms with Crippen LogP contribution in [-0.4, -0.2) is 72.7 Å². The highest BCUT2D eigenvalue weighted by Gasteiger charge is 2.47. The minimum atomic E-state index is -0.752. The highest BCUT2D eigenvalue weighted by atomic mass is 16.3. The van der Waals surface area contributed by atoms with Gasteiger partial charge < -0.3 is 14.9 Å². The van der Waals surface area contributed by atoms with Crippen molar-refractivity contribution in [3.05, 3.63) is 71.3 Å². The topological polar surface area (TPSA) is 30.0 Å². The Morgan fingerprint density at radius 3 is 2.28 bits per heavy atom. The number of nitrogens with zero attached hydrogens (tertiary/aromatic N) is 3. The third-order valence-corrected chi connectivity index (χ3v) is 8.33. The first-order valence-electron chi connectivity index (χ1n) is 12.6. The molecule has 6 rings (SSSR count). The first kappa shape index (κ1) is 22.1. The largest absolute Gasteiger partial charge is 0.385 e. The number of aliphatic hydroxyl groups is 1. The van der Waals surface area contributed by atoms with E-state index in [1.54, 1.807) is 0 Å². The molecule has 0 aromatic heterocycles. The van der Waals surface area contributed by atoms with Crippen LogP contribution in [0.15, 0.2) is 54.6 Å². The van der Waals surface area contributed by atoms with Crippen molar-refractivity contribution in [1.29, 1.82) is 0 Å². The van der Waals surface area contributed by atoms with Crippen molar-refractivity contribution in [2.75, 3.05) is 52.9 Å². The predicted molar refractivity (Wildman–Crippen MR) is 131 cm³/mol. The molecule has 0 spiro atoms. The number of fused-ring (bicyclic) bond motifs is 3. The molecule has 0 amide bonds. The molecule has 2 atom stereocenters. The lowest BCUT2D eigenvalue weighted by Gasteiger charge is -2.51. The maximum absolute atomic E-state index is 12.2. The van der Waals surface area contributed by atoms with E-state index in [0.29, 0.717) is 11.8 Å². The Bertz CT molecular complexity index is 871. The van der Waals surface area contributed by atoms with Crippen molar-refractivity contribution in [3.8, 4) is 0 Å². The molecule has 4 aliphatic rings. The van der Waals surface area contributed by atoms with E-state index in [1.807, 2.05) is 0 Å². The average molecular weight is 434 g/mol. The zero-order valence-corrected chi connectivity index (χ0v) is 19.6. The van der Waals surface area contributed by atoms with Crippen molar-refractivity contribution in [1.82, 2.24) is 14.7 Å². The van der Waals surface area contributed by atoms with Gasteiger partial charge in [0.05, 0.1) is 5.60 Å². The Labute approximate surface area is 193 Å². The summed E-state index contributed by atoms with van der Waals surface area (Å²) in [6.45, 7) is 9.10. The minimum Gasteiger partial charge on any atom is -0.385 e. The molecular weight excluding hydrogens is 394 g/mol. The van der Waals surface area contributed by atoms with E-state index in [-0.39, 0.29) is 0 Å². The van der Waals surface area contributed by atoms with Gasteiger partial charge in [0, 0.05) is 45.2 Å². The quantitative estimate of drug-likeness (QED) is 0.723. The molecule has 0 aliphatic carbocycles. The van der Waals surface area contributed by atoms with E-state index < -0.39 is 5.60 Å². The number of aryl methyl sites for hydroxylation is 1. The third-order valence-electron chi connectivity index (χ3n) is 8.33. The Morgan fingerprint density at radius 2 is 1.59 bits per heavy atom. The van der Waals surface area contributed by atoms with Gasteiger partial charge in [-0.15, -0.1) is 0 Å². The number of rotatable bonds is 7. The maximum Gasteiger partial charge on any atom is 0.0942 e.